The van der Waals surface area contributed by atoms with Crippen LogP contribution in [0.5, 0.6) is 0 Å². The molecule has 0 fully saturated rings. The van der Waals surface area contributed by atoms with Gasteiger partial charge in [-0.15, -0.1) is 0 Å². The summed E-state index contributed by atoms with van der Waals surface area (Å²) < 4.78 is 7.44. The first-order valence-corrected chi connectivity index (χ1v) is 5.97. The van der Waals surface area contributed by atoms with Crippen molar-refractivity contribution in [3.8, 4) is 5.69 Å². The van der Waals surface area contributed by atoms with Gasteiger partial charge in [0.2, 0.25) is 0 Å². The zero-order chi connectivity index (χ0) is 12.4. The van der Waals surface area contributed by atoms with Crippen molar-refractivity contribution in [2.45, 2.75) is 12.8 Å². The molecule has 1 aromatic carbocycles. The fourth-order valence-electron chi connectivity index (χ4n) is 1.99. The van der Waals surface area contributed by atoms with E-state index in [9.17, 15) is 0 Å². The maximum atomic E-state index is 5.42. The molecule has 1 unspecified atom stereocenters. The van der Waals surface area contributed by atoms with Crippen LogP contribution in [0.15, 0.2) is 65.7 Å². The van der Waals surface area contributed by atoms with Crippen LogP contribution in [0.4, 0.5) is 0 Å². The van der Waals surface area contributed by atoms with Crippen molar-refractivity contribution in [3.63, 3.8) is 0 Å². The van der Waals surface area contributed by atoms with Crippen molar-refractivity contribution < 1.29 is 4.42 Å². The summed E-state index contributed by atoms with van der Waals surface area (Å²) in [5.74, 6) is 1.11. The standard InChI is InChI=1S/C15H14N2O/c1-12(15-8-5-9-18-15)14-10-17(11-16-14)13-6-3-2-4-7-13/h2-12H,1H3. The summed E-state index contributed by atoms with van der Waals surface area (Å²) >= 11 is 0. The van der Waals surface area contributed by atoms with Gasteiger partial charge in [-0.2, -0.15) is 0 Å². The van der Waals surface area contributed by atoms with Gasteiger partial charge in [-0.25, -0.2) is 4.98 Å². The van der Waals surface area contributed by atoms with Gasteiger partial charge in [-0.1, -0.05) is 18.2 Å². The van der Waals surface area contributed by atoms with Gasteiger partial charge >= 0.3 is 0 Å². The van der Waals surface area contributed by atoms with Crippen LogP contribution < -0.4 is 0 Å². The number of furan rings is 1. The lowest BCUT2D eigenvalue weighted by molar-refractivity contribution is 0.493. The number of aromatic nitrogens is 2. The number of benzene rings is 1. The molecule has 90 valence electrons. The third kappa shape index (κ3) is 1.95. The molecule has 0 amide bonds. The number of imidazole rings is 1. The fraction of sp³-hybridized carbons (Fsp3) is 0.133. The smallest absolute Gasteiger partial charge is 0.112 e. The minimum Gasteiger partial charge on any atom is -0.469 e. The topological polar surface area (TPSA) is 31.0 Å². The van der Waals surface area contributed by atoms with Crippen molar-refractivity contribution in [1.82, 2.24) is 9.55 Å². The highest BCUT2D eigenvalue weighted by Gasteiger charge is 2.14. The Hall–Kier alpha value is -2.29. The van der Waals surface area contributed by atoms with E-state index in [1.54, 1.807) is 6.26 Å². The van der Waals surface area contributed by atoms with Gasteiger partial charge in [0.1, 0.15) is 5.76 Å². The van der Waals surface area contributed by atoms with E-state index in [1.807, 2.05) is 47.4 Å². The largest absolute Gasteiger partial charge is 0.469 e. The maximum Gasteiger partial charge on any atom is 0.112 e. The Kier molecular flexibility index (Phi) is 2.73. The van der Waals surface area contributed by atoms with E-state index in [4.69, 9.17) is 4.42 Å². The predicted molar refractivity (Wildman–Crippen MR) is 69.8 cm³/mol. The van der Waals surface area contributed by atoms with E-state index >= 15 is 0 Å². The molecule has 1 atom stereocenters. The molecular weight excluding hydrogens is 224 g/mol. The monoisotopic (exact) mass is 238 g/mol. The Bertz CT molecular complexity index is 611. The molecule has 0 aliphatic heterocycles. The molecule has 3 rings (SSSR count). The van der Waals surface area contributed by atoms with Crippen molar-refractivity contribution in [3.05, 3.63) is 72.7 Å². The number of rotatable bonds is 3. The van der Waals surface area contributed by atoms with Crippen LogP contribution in [0.1, 0.15) is 24.3 Å². The van der Waals surface area contributed by atoms with Crippen LogP contribution in [0.3, 0.4) is 0 Å². The molecule has 0 N–H and O–H groups in total. The van der Waals surface area contributed by atoms with Crippen molar-refractivity contribution in [2.75, 3.05) is 0 Å². The molecule has 3 nitrogen and oxygen atoms in total. The zero-order valence-corrected chi connectivity index (χ0v) is 10.2. The first-order chi connectivity index (χ1) is 8.84. The highest BCUT2D eigenvalue weighted by Crippen LogP contribution is 2.23. The molecule has 0 bridgehead atoms. The Morgan fingerprint density at radius 3 is 2.67 bits per heavy atom. The van der Waals surface area contributed by atoms with E-state index in [2.05, 4.69) is 24.0 Å². The van der Waals surface area contributed by atoms with E-state index in [0.717, 1.165) is 17.1 Å². The molecule has 18 heavy (non-hydrogen) atoms. The summed E-state index contributed by atoms with van der Waals surface area (Å²) in [6.45, 7) is 2.09. The molecule has 3 aromatic rings. The van der Waals surface area contributed by atoms with Gasteiger partial charge in [0.15, 0.2) is 0 Å². The fourth-order valence-corrected chi connectivity index (χ4v) is 1.99. The summed E-state index contributed by atoms with van der Waals surface area (Å²) in [5.41, 5.74) is 2.12. The summed E-state index contributed by atoms with van der Waals surface area (Å²) in [5, 5.41) is 0. The average molecular weight is 238 g/mol. The number of hydrogen-bond donors (Lipinski definition) is 0. The van der Waals surface area contributed by atoms with Gasteiger partial charge < -0.3 is 8.98 Å². The Labute approximate surface area is 106 Å². The molecule has 0 spiro atoms. The van der Waals surface area contributed by atoms with Gasteiger partial charge in [0.05, 0.1) is 24.2 Å². The molecule has 0 aliphatic carbocycles. The summed E-state index contributed by atoms with van der Waals surface area (Å²) in [6.07, 6.45) is 5.58. The minimum absolute atomic E-state index is 0.171. The number of hydrogen-bond acceptors (Lipinski definition) is 2. The van der Waals surface area contributed by atoms with Crippen molar-refractivity contribution >= 4 is 0 Å². The molecule has 2 heterocycles. The first-order valence-electron chi connectivity index (χ1n) is 5.97. The Morgan fingerprint density at radius 2 is 1.94 bits per heavy atom. The molecular formula is C15H14N2O. The maximum absolute atomic E-state index is 5.42. The Balaban J connectivity index is 1.90. The number of nitrogens with zero attached hydrogens (tertiary/aromatic N) is 2. The molecule has 3 heteroatoms. The van der Waals surface area contributed by atoms with Crippen LogP contribution in [-0.2, 0) is 0 Å². The lowest BCUT2D eigenvalue weighted by Gasteiger charge is -2.04. The van der Waals surface area contributed by atoms with Crippen molar-refractivity contribution in [2.24, 2.45) is 0 Å². The van der Waals surface area contributed by atoms with Gasteiger partial charge in [0, 0.05) is 11.9 Å². The van der Waals surface area contributed by atoms with Gasteiger partial charge in [-0.05, 0) is 31.2 Å². The van der Waals surface area contributed by atoms with Gasteiger partial charge in [0.25, 0.3) is 0 Å². The second kappa shape index (κ2) is 4.53. The molecule has 0 saturated heterocycles. The zero-order valence-electron chi connectivity index (χ0n) is 10.2. The second-order valence-electron chi connectivity index (χ2n) is 4.28. The highest BCUT2D eigenvalue weighted by molar-refractivity contribution is 5.32. The average Bonchev–Trinajstić information content (AvgIpc) is 3.10. The molecule has 0 saturated carbocycles. The lowest BCUT2D eigenvalue weighted by Crippen LogP contribution is -1.94. The van der Waals surface area contributed by atoms with E-state index in [-0.39, 0.29) is 5.92 Å². The lowest BCUT2D eigenvalue weighted by atomic mass is 10.1. The highest BCUT2D eigenvalue weighted by atomic mass is 16.3. The number of para-hydroxylation sites is 1. The van der Waals surface area contributed by atoms with Crippen LogP contribution >= 0.6 is 0 Å². The molecule has 0 aliphatic rings. The molecule has 2 aromatic heterocycles. The van der Waals surface area contributed by atoms with Crippen LogP contribution in [0.25, 0.3) is 5.69 Å². The second-order valence-corrected chi connectivity index (χ2v) is 4.28. The summed E-state index contributed by atoms with van der Waals surface area (Å²) in [6, 6.07) is 14.0. The van der Waals surface area contributed by atoms with Crippen LogP contribution in [0.2, 0.25) is 0 Å². The normalized spacial score (nSPS) is 12.5. The molecule has 0 radical (unpaired) electrons. The van der Waals surface area contributed by atoms with Crippen LogP contribution in [0, 0.1) is 0 Å². The predicted octanol–water partition coefficient (Wildman–Crippen LogP) is 3.62. The van der Waals surface area contributed by atoms with Crippen molar-refractivity contribution in [1.29, 1.82) is 0 Å². The summed E-state index contributed by atoms with van der Waals surface area (Å²) in [7, 11) is 0. The van der Waals surface area contributed by atoms with E-state index in [0.29, 0.717) is 0 Å². The summed E-state index contributed by atoms with van der Waals surface area (Å²) in [4.78, 5) is 4.45. The van der Waals surface area contributed by atoms with Crippen LogP contribution in [-0.4, -0.2) is 9.55 Å². The quantitative estimate of drug-likeness (QED) is 0.697. The Morgan fingerprint density at radius 1 is 1.11 bits per heavy atom. The third-order valence-corrected chi connectivity index (χ3v) is 3.07. The van der Waals surface area contributed by atoms with E-state index < -0.39 is 0 Å². The van der Waals surface area contributed by atoms with Gasteiger partial charge in [-0.3, -0.25) is 0 Å². The van der Waals surface area contributed by atoms with E-state index in [1.165, 1.54) is 0 Å². The third-order valence-electron chi connectivity index (χ3n) is 3.07. The minimum atomic E-state index is 0.171. The SMILES string of the molecule is CC(c1cn(-c2ccccc2)cn1)c1ccco1. The first kappa shape index (κ1) is 10.8.